The number of alkyl halides is 2. The van der Waals surface area contributed by atoms with E-state index in [0.29, 0.717) is 22.4 Å². The zero-order valence-corrected chi connectivity index (χ0v) is 19.6. The molecule has 0 saturated heterocycles. The van der Waals surface area contributed by atoms with Gasteiger partial charge >= 0.3 is 6.61 Å². The first-order valence-corrected chi connectivity index (χ1v) is 11.7. The average Bonchev–Trinajstić information content (AvgIpc) is 2.79. The third-order valence-corrected chi connectivity index (χ3v) is 6.45. The van der Waals surface area contributed by atoms with Gasteiger partial charge in [0.15, 0.2) is 11.5 Å². The molecule has 34 heavy (non-hydrogen) atoms. The second-order valence-electron chi connectivity index (χ2n) is 7.50. The van der Waals surface area contributed by atoms with E-state index in [4.69, 9.17) is 4.74 Å². The molecule has 0 heterocycles. The molecule has 3 rings (SSSR count). The number of hydrogen-bond acceptors (Lipinski definition) is 5. The zero-order chi connectivity index (χ0) is 24.9. The van der Waals surface area contributed by atoms with Gasteiger partial charge in [0.1, 0.15) is 0 Å². The molecule has 0 aliphatic heterocycles. The Labute approximate surface area is 196 Å². The van der Waals surface area contributed by atoms with Crippen LogP contribution in [0.5, 0.6) is 11.5 Å². The number of carbonyl (C=O) groups excluding carboxylic acids is 1. The molecule has 0 unspecified atom stereocenters. The van der Waals surface area contributed by atoms with Gasteiger partial charge < -0.3 is 14.8 Å². The molecular formula is C24H24F2N2O5S. The number of benzene rings is 3. The lowest BCUT2D eigenvalue weighted by Gasteiger charge is -2.13. The molecule has 0 spiro atoms. The van der Waals surface area contributed by atoms with Crippen molar-refractivity contribution in [2.24, 2.45) is 0 Å². The summed E-state index contributed by atoms with van der Waals surface area (Å²) < 4.78 is 62.6. The Morgan fingerprint density at radius 1 is 0.971 bits per heavy atom. The largest absolute Gasteiger partial charge is 0.493 e. The summed E-state index contributed by atoms with van der Waals surface area (Å²) in [6.07, 6.45) is 0. The zero-order valence-electron chi connectivity index (χ0n) is 18.8. The summed E-state index contributed by atoms with van der Waals surface area (Å²) in [5, 5.41) is 2.68. The third-order valence-electron chi connectivity index (χ3n) is 4.93. The molecule has 0 atom stereocenters. The maximum Gasteiger partial charge on any atom is 0.387 e. The Kier molecular flexibility index (Phi) is 7.72. The molecule has 3 aromatic rings. The summed E-state index contributed by atoms with van der Waals surface area (Å²) >= 11 is 0. The third kappa shape index (κ3) is 6.22. The van der Waals surface area contributed by atoms with Crippen LogP contribution in [0.4, 0.5) is 14.5 Å². The first kappa shape index (κ1) is 25.0. The van der Waals surface area contributed by atoms with Gasteiger partial charge in [-0.2, -0.15) is 8.78 Å². The van der Waals surface area contributed by atoms with E-state index < -0.39 is 22.5 Å². The fraction of sp³-hybridized carbons (Fsp3) is 0.208. The fourth-order valence-corrected chi connectivity index (χ4v) is 4.59. The second kappa shape index (κ2) is 10.5. The Morgan fingerprint density at radius 2 is 1.68 bits per heavy atom. The molecule has 10 heteroatoms. The van der Waals surface area contributed by atoms with Crippen LogP contribution in [-0.4, -0.2) is 28.0 Å². The van der Waals surface area contributed by atoms with Crippen molar-refractivity contribution >= 4 is 21.6 Å². The molecule has 0 radical (unpaired) electrons. The molecular weight excluding hydrogens is 466 g/mol. The quantitative estimate of drug-likeness (QED) is 0.456. The summed E-state index contributed by atoms with van der Waals surface area (Å²) in [6.45, 7) is 0.574. The highest BCUT2D eigenvalue weighted by Crippen LogP contribution is 2.29. The van der Waals surface area contributed by atoms with Crippen LogP contribution in [0.1, 0.15) is 27.0 Å². The Morgan fingerprint density at radius 3 is 2.32 bits per heavy atom. The Hall–Kier alpha value is -3.66. The number of carbonyl (C=O) groups is 1. The fourth-order valence-electron chi connectivity index (χ4n) is 3.20. The SMILES string of the molecule is COc1ccc(CNC(=O)c2ccc(NS(=O)(=O)c3cc(C)ccc3C)cc2)cc1OC(F)F. The topological polar surface area (TPSA) is 93.7 Å². The van der Waals surface area contributed by atoms with Crippen molar-refractivity contribution in [3.8, 4) is 11.5 Å². The summed E-state index contributed by atoms with van der Waals surface area (Å²) in [5.74, 6) is -0.407. The van der Waals surface area contributed by atoms with E-state index >= 15 is 0 Å². The number of rotatable bonds is 9. The summed E-state index contributed by atoms with van der Waals surface area (Å²) in [5.41, 5.74) is 2.58. The van der Waals surface area contributed by atoms with Crippen LogP contribution in [-0.2, 0) is 16.6 Å². The van der Waals surface area contributed by atoms with Crippen LogP contribution in [0.15, 0.2) is 65.6 Å². The maximum atomic E-state index is 12.7. The van der Waals surface area contributed by atoms with Crippen LogP contribution >= 0.6 is 0 Å². The van der Waals surface area contributed by atoms with Gasteiger partial charge in [0.05, 0.1) is 12.0 Å². The van der Waals surface area contributed by atoms with Gasteiger partial charge in [0.25, 0.3) is 15.9 Å². The molecule has 7 nitrogen and oxygen atoms in total. The number of amides is 1. The molecule has 0 aliphatic carbocycles. The number of nitrogens with one attached hydrogen (secondary N) is 2. The van der Waals surface area contributed by atoms with Crippen LogP contribution in [0.3, 0.4) is 0 Å². The van der Waals surface area contributed by atoms with Crippen molar-refractivity contribution in [3.05, 3.63) is 82.9 Å². The molecule has 1 amide bonds. The molecule has 2 N–H and O–H groups in total. The van der Waals surface area contributed by atoms with Gasteiger partial charge in [-0.1, -0.05) is 18.2 Å². The van der Waals surface area contributed by atoms with Gasteiger partial charge in [-0.15, -0.1) is 0 Å². The molecule has 0 saturated carbocycles. The van der Waals surface area contributed by atoms with Gasteiger partial charge in [-0.05, 0) is 73.0 Å². The molecule has 0 bridgehead atoms. The van der Waals surface area contributed by atoms with Crippen LogP contribution in [0.25, 0.3) is 0 Å². The summed E-state index contributed by atoms with van der Waals surface area (Å²) in [7, 11) is -2.46. The Balaban J connectivity index is 1.66. The van der Waals surface area contributed by atoms with E-state index in [1.54, 1.807) is 25.1 Å². The van der Waals surface area contributed by atoms with Gasteiger partial charge in [0, 0.05) is 17.8 Å². The van der Waals surface area contributed by atoms with Crippen molar-refractivity contribution < 1.29 is 31.5 Å². The lowest BCUT2D eigenvalue weighted by atomic mass is 10.1. The highest BCUT2D eigenvalue weighted by molar-refractivity contribution is 7.92. The number of aryl methyl sites for hydroxylation is 2. The highest BCUT2D eigenvalue weighted by atomic mass is 32.2. The van der Waals surface area contributed by atoms with Crippen molar-refractivity contribution in [1.82, 2.24) is 5.32 Å². The first-order valence-electron chi connectivity index (χ1n) is 10.2. The number of anilines is 1. The van der Waals surface area contributed by atoms with Crippen molar-refractivity contribution in [2.75, 3.05) is 11.8 Å². The summed E-state index contributed by atoms with van der Waals surface area (Å²) in [6, 6.07) is 15.5. The van der Waals surface area contributed by atoms with Crippen LogP contribution in [0, 0.1) is 13.8 Å². The van der Waals surface area contributed by atoms with E-state index in [2.05, 4.69) is 14.8 Å². The lowest BCUT2D eigenvalue weighted by Crippen LogP contribution is -2.23. The van der Waals surface area contributed by atoms with Crippen molar-refractivity contribution in [2.45, 2.75) is 31.9 Å². The molecule has 0 aromatic heterocycles. The molecule has 0 aliphatic rings. The van der Waals surface area contributed by atoms with Gasteiger partial charge in [0.2, 0.25) is 0 Å². The second-order valence-corrected chi connectivity index (χ2v) is 9.15. The Bertz CT molecular complexity index is 1280. The summed E-state index contributed by atoms with van der Waals surface area (Å²) in [4.78, 5) is 12.7. The van der Waals surface area contributed by atoms with E-state index in [1.807, 2.05) is 13.0 Å². The smallest absolute Gasteiger partial charge is 0.387 e. The normalized spacial score (nSPS) is 11.2. The number of methoxy groups -OCH3 is 1. The van der Waals surface area contributed by atoms with E-state index in [-0.39, 0.29) is 22.9 Å². The number of ether oxygens (including phenoxy) is 2. The van der Waals surface area contributed by atoms with Crippen molar-refractivity contribution in [1.29, 1.82) is 0 Å². The minimum atomic E-state index is -3.79. The minimum Gasteiger partial charge on any atom is -0.493 e. The van der Waals surface area contributed by atoms with Crippen molar-refractivity contribution in [3.63, 3.8) is 0 Å². The minimum absolute atomic E-state index is 0.0590. The molecule has 3 aromatic carbocycles. The first-order chi connectivity index (χ1) is 16.1. The highest BCUT2D eigenvalue weighted by Gasteiger charge is 2.17. The van der Waals surface area contributed by atoms with E-state index in [9.17, 15) is 22.0 Å². The maximum absolute atomic E-state index is 12.7. The standard InChI is InChI=1S/C24H24F2N2O5S/c1-15-4-5-16(2)22(12-15)34(30,31)28-19-9-7-18(8-10-19)23(29)27-14-17-6-11-20(32-3)21(13-17)33-24(25)26/h4-13,24,28H,14H2,1-3H3,(H,27,29). The monoisotopic (exact) mass is 490 g/mol. The van der Waals surface area contributed by atoms with E-state index in [1.165, 1.54) is 43.5 Å². The van der Waals surface area contributed by atoms with Crippen LogP contribution in [0.2, 0.25) is 0 Å². The van der Waals surface area contributed by atoms with Gasteiger partial charge in [-0.3, -0.25) is 9.52 Å². The average molecular weight is 491 g/mol. The number of sulfonamides is 1. The van der Waals surface area contributed by atoms with E-state index in [0.717, 1.165) is 5.56 Å². The molecule has 0 fully saturated rings. The predicted molar refractivity (Wildman–Crippen MR) is 124 cm³/mol. The predicted octanol–water partition coefficient (Wildman–Crippen LogP) is 4.64. The van der Waals surface area contributed by atoms with Crippen LogP contribution < -0.4 is 19.5 Å². The molecule has 180 valence electrons. The number of hydrogen-bond donors (Lipinski definition) is 2. The lowest BCUT2D eigenvalue weighted by molar-refractivity contribution is -0.0512. The number of halogens is 2. The van der Waals surface area contributed by atoms with Gasteiger partial charge in [-0.25, -0.2) is 8.42 Å².